The van der Waals surface area contributed by atoms with Gasteiger partial charge < -0.3 is 10.3 Å². The lowest BCUT2D eigenvalue weighted by molar-refractivity contribution is -0.120. The van der Waals surface area contributed by atoms with Crippen molar-refractivity contribution >= 4 is 34.1 Å². The summed E-state index contributed by atoms with van der Waals surface area (Å²) in [6, 6.07) is 3.93. The van der Waals surface area contributed by atoms with Gasteiger partial charge in [0.15, 0.2) is 5.78 Å². The molecule has 2 aliphatic rings. The second-order valence-electron chi connectivity index (χ2n) is 7.42. The highest BCUT2D eigenvalue weighted by Gasteiger charge is 2.39. The van der Waals surface area contributed by atoms with E-state index in [1.165, 1.54) is 6.92 Å². The average molecular weight is 324 g/mol. The van der Waals surface area contributed by atoms with Crippen molar-refractivity contribution in [2.45, 2.75) is 45.4 Å². The van der Waals surface area contributed by atoms with Crippen molar-refractivity contribution in [2.24, 2.45) is 5.92 Å². The number of aromatic nitrogens is 1. The second-order valence-corrected chi connectivity index (χ2v) is 7.42. The normalized spacial score (nSPS) is 22.0. The van der Waals surface area contributed by atoms with E-state index in [1.807, 2.05) is 26.0 Å². The van der Waals surface area contributed by atoms with Crippen molar-refractivity contribution in [3.8, 4) is 0 Å². The van der Waals surface area contributed by atoms with Crippen molar-refractivity contribution < 1.29 is 14.4 Å². The maximum Gasteiger partial charge on any atom is 0.234 e. The molecule has 2 aromatic rings. The molecule has 124 valence electrons. The minimum Gasteiger partial charge on any atom is -0.352 e. The van der Waals surface area contributed by atoms with Crippen LogP contribution in [-0.2, 0) is 21.4 Å². The van der Waals surface area contributed by atoms with Crippen molar-refractivity contribution in [2.75, 3.05) is 5.32 Å². The first-order chi connectivity index (χ1) is 11.3. The van der Waals surface area contributed by atoms with Gasteiger partial charge in [-0.25, -0.2) is 0 Å². The van der Waals surface area contributed by atoms with Crippen LogP contribution in [0.5, 0.6) is 0 Å². The summed E-state index contributed by atoms with van der Waals surface area (Å²) in [6.45, 7) is 5.30. The fourth-order valence-corrected chi connectivity index (χ4v) is 3.97. The molecule has 4 rings (SSSR count). The van der Waals surface area contributed by atoms with E-state index in [0.717, 1.165) is 40.6 Å². The number of carbonyl (C=O) groups is 3. The molecule has 2 heterocycles. The number of benzene rings is 1. The molecule has 0 radical (unpaired) electrons. The third kappa shape index (κ3) is 1.90. The summed E-state index contributed by atoms with van der Waals surface area (Å²) in [5.41, 5.74) is 3.57. The lowest BCUT2D eigenvalue weighted by Gasteiger charge is -2.15. The Hall–Kier alpha value is -2.43. The summed E-state index contributed by atoms with van der Waals surface area (Å²) in [5, 5.41) is 3.90. The number of hydrogen-bond acceptors (Lipinski definition) is 3. The summed E-state index contributed by atoms with van der Waals surface area (Å²) in [4.78, 5) is 39.9. The number of ketones is 2. The van der Waals surface area contributed by atoms with E-state index in [2.05, 4.69) is 10.3 Å². The fraction of sp³-hybridized carbons (Fsp3) is 0.421. The van der Waals surface area contributed by atoms with E-state index < -0.39 is 11.3 Å². The maximum atomic E-state index is 12.8. The SMILES string of the molecule is CC(=O)C1CCCc2c([nH]c3cc4c(cc23)C(C)(C)C(=O)N4)C1=O. The van der Waals surface area contributed by atoms with Gasteiger partial charge in [0.05, 0.1) is 17.0 Å². The first kappa shape index (κ1) is 15.1. The molecular formula is C19H20N2O3. The number of aromatic amines is 1. The van der Waals surface area contributed by atoms with Gasteiger partial charge in [-0.3, -0.25) is 14.4 Å². The highest BCUT2D eigenvalue weighted by molar-refractivity contribution is 6.14. The highest BCUT2D eigenvalue weighted by Crippen LogP contribution is 2.41. The number of amides is 1. The monoisotopic (exact) mass is 324 g/mol. The van der Waals surface area contributed by atoms with E-state index in [9.17, 15) is 14.4 Å². The van der Waals surface area contributed by atoms with Gasteiger partial charge in [0.1, 0.15) is 5.78 Å². The maximum absolute atomic E-state index is 12.8. The molecule has 1 unspecified atom stereocenters. The third-order valence-electron chi connectivity index (χ3n) is 5.51. The van der Waals surface area contributed by atoms with Crippen LogP contribution in [0.2, 0.25) is 0 Å². The number of nitrogens with one attached hydrogen (secondary N) is 2. The predicted octanol–water partition coefficient (Wildman–Crippen LogP) is 3.12. The number of fused-ring (bicyclic) bond motifs is 4. The van der Waals surface area contributed by atoms with Gasteiger partial charge in [-0.05, 0) is 63.3 Å². The lowest BCUT2D eigenvalue weighted by Crippen LogP contribution is -2.26. The summed E-state index contributed by atoms with van der Waals surface area (Å²) >= 11 is 0. The van der Waals surface area contributed by atoms with Crippen LogP contribution in [0.3, 0.4) is 0 Å². The molecule has 0 saturated heterocycles. The Labute approximate surface area is 139 Å². The van der Waals surface area contributed by atoms with Crippen LogP contribution in [0.25, 0.3) is 10.9 Å². The average Bonchev–Trinajstić information content (AvgIpc) is 2.90. The Kier molecular flexibility index (Phi) is 3.02. The first-order valence-corrected chi connectivity index (χ1v) is 8.36. The van der Waals surface area contributed by atoms with Crippen LogP contribution in [0.15, 0.2) is 12.1 Å². The molecule has 1 atom stereocenters. The van der Waals surface area contributed by atoms with Crippen LogP contribution in [0, 0.1) is 5.92 Å². The quantitative estimate of drug-likeness (QED) is 0.625. The van der Waals surface area contributed by atoms with Gasteiger partial charge in [-0.2, -0.15) is 0 Å². The van der Waals surface area contributed by atoms with Crippen molar-refractivity contribution in [3.05, 3.63) is 29.0 Å². The van der Waals surface area contributed by atoms with Crippen LogP contribution in [-0.4, -0.2) is 22.5 Å². The Bertz CT molecular complexity index is 920. The number of carbonyl (C=O) groups excluding carboxylic acids is 3. The molecular weight excluding hydrogens is 304 g/mol. The molecule has 5 heteroatoms. The molecule has 5 nitrogen and oxygen atoms in total. The van der Waals surface area contributed by atoms with Crippen molar-refractivity contribution in [1.82, 2.24) is 4.98 Å². The summed E-state index contributed by atoms with van der Waals surface area (Å²) in [6.07, 6.45) is 2.19. The third-order valence-corrected chi connectivity index (χ3v) is 5.51. The minimum absolute atomic E-state index is 0.0102. The fourth-order valence-electron chi connectivity index (χ4n) is 3.97. The Balaban J connectivity index is 1.93. The second kappa shape index (κ2) is 4.79. The molecule has 0 spiro atoms. The van der Waals surface area contributed by atoms with Gasteiger partial charge in [-0.15, -0.1) is 0 Å². The topological polar surface area (TPSA) is 79.0 Å². The molecule has 1 aromatic carbocycles. The summed E-state index contributed by atoms with van der Waals surface area (Å²) in [7, 11) is 0. The van der Waals surface area contributed by atoms with Gasteiger partial charge in [0.2, 0.25) is 5.91 Å². The minimum atomic E-state index is -0.579. The Morgan fingerprint density at radius 2 is 2.00 bits per heavy atom. The Morgan fingerprint density at radius 1 is 1.25 bits per heavy atom. The van der Waals surface area contributed by atoms with Crippen molar-refractivity contribution in [3.63, 3.8) is 0 Å². The zero-order valence-corrected chi connectivity index (χ0v) is 14.1. The van der Waals surface area contributed by atoms with E-state index in [0.29, 0.717) is 12.1 Å². The van der Waals surface area contributed by atoms with Crippen LogP contribution in [0.1, 0.15) is 55.2 Å². The molecule has 1 aliphatic carbocycles. The molecule has 1 aliphatic heterocycles. The molecule has 2 N–H and O–H groups in total. The smallest absolute Gasteiger partial charge is 0.234 e. The summed E-state index contributed by atoms with van der Waals surface area (Å²) < 4.78 is 0. The molecule has 0 fully saturated rings. The molecule has 1 amide bonds. The van der Waals surface area contributed by atoms with Gasteiger partial charge in [-0.1, -0.05) is 0 Å². The molecule has 24 heavy (non-hydrogen) atoms. The number of H-pyrrole nitrogens is 1. The number of anilines is 1. The predicted molar refractivity (Wildman–Crippen MR) is 91.4 cm³/mol. The molecule has 0 bridgehead atoms. The summed E-state index contributed by atoms with van der Waals surface area (Å²) in [5.74, 6) is -0.719. The molecule has 1 aromatic heterocycles. The van der Waals surface area contributed by atoms with E-state index in [-0.39, 0.29) is 17.5 Å². The first-order valence-electron chi connectivity index (χ1n) is 8.36. The largest absolute Gasteiger partial charge is 0.352 e. The van der Waals surface area contributed by atoms with Crippen LogP contribution >= 0.6 is 0 Å². The Morgan fingerprint density at radius 3 is 2.71 bits per heavy atom. The van der Waals surface area contributed by atoms with E-state index in [1.54, 1.807) is 0 Å². The van der Waals surface area contributed by atoms with Crippen LogP contribution in [0.4, 0.5) is 5.69 Å². The van der Waals surface area contributed by atoms with E-state index >= 15 is 0 Å². The van der Waals surface area contributed by atoms with Gasteiger partial charge >= 0.3 is 0 Å². The highest BCUT2D eigenvalue weighted by atomic mass is 16.2. The zero-order chi connectivity index (χ0) is 17.2. The number of Topliss-reactive ketones (excluding diaryl/α,β-unsaturated/α-hetero) is 2. The number of hydrogen-bond donors (Lipinski definition) is 2. The lowest BCUT2D eigenvalue weighted by atomic mass is 9.85. The van der Waals surface area contributed by atoms with Crippen molar-refractivity contribution in [1.29, 1.82) is 0 Å². The number of aryl methyl sites for hydroxylation is 1. The van der Waals surface area contributed by atoms with Gasteiger partial charge in [0.25, 0.3) is 0 Å². The van der Waals surface area contributed by atoms with Gasteiger partial charge in [0, 0.05) is 16.6 Å². The zero-order valence-electron chi connectivity index (χ0n) is 14.1. The molecule has 0 saturated carbocycles. The standard InChI is InChI=1S/C19H20N2O3/c1-9(22)10-5-4-6-11-12-7-13-15(21-18(24)19(13,2)3)8-14(12)20-16(11)17(10)23/h7-8,10,20H,4-6H2,1-3H3,(H,21,24). The van der Waals surface area contributed by atoms with Crippen LogP contribution < -0.4 is 5.32 Å². The van der Waals surface area contributed by atoms with E-state index in [4.69, 9.17) is 0 Å². The number of rotatable bonds is 1.